The van der Waals surface area contributed by atoms with Crippen LogP contribution in [-0.2, 0) is 7.05 Å². The molecule has 5 heterocycles. The van der Waals surface area contributed by atoms with Crippen molar-refractivity contribution < 1.29 is 4.74 Å². The van der Waals surface area contributed by atoms with E-state index in [4.69, 9.17) is 4.74 Å². The molecule has 160 valence electrons. The van der Waals surface area contributed by atoms with Crippen molar-refractivity contribution in [1.29, 1.82) is 0 Å². The van der Waals surface area contributed by atoms with Gasteiger partial charge in [-0.1, -0.05) is 23.2 Å². The lowest BCUT2D eigenvalue weighted by Crippen LogP contribution is -1.98. The monoisotopic (exact) mass is 443 g/mol. The van der Waals surface area contributed by atoms with E-state index < -0.39 is 0 Å². The highest BCUT2D eigenvalue weighted by Crippen LogP contribution is 2.29. The molecule has 0 bridgehead atoms. The number of thiazole rings is 1. The minimum absolute atomic E-state index is 0.703. The van der Waals surface area contributed by atoms with Crippen LogP contribution < -0.4 is 4.74 Å². The fraction of sp³-hybridized carbons (Fsp3) is 0.217. The Morgan fingerprint density at radius 2 is 1.72 bits per heavy atom. The van der Waals surface area contributed by atoms with Crippen LogP contribution in [0.3, 0.4) is 0 Å². The number of methoxy groups -OCH3 is 1. The number of rotatable bonds is 3. The molecule has 0 amide bonds. The lowest BCUT2D eigenvalue weighted by Gasteiger charge is -2.06. The maximum absolute atomic E-state index is 5.67. The minimum atomic E-state index is 0.703. The minimum Gasteiger partial charge on any atom is -0.494 e. The molecule has 0 N–H and O–H groups in total. The highest BCUT2D eigenvalue weighted by Gasteiger charge is 2.14. The smallest absolute Gasteiger partial charge is 0.211 e. The highest BCUT2D eigenvalue weighted by atomic mass is 32.1. The van der Waals surface area contributed by atoms with E-state index in [1.54, 1.807) is 40.0 Å². The standard InChI is InChI=1S/C23H21N7OS/c1-14-16(3)32-23(27-14)30-15(2)17(9-26-30)6-7-18-10-25-29-13-19(8-21(31-5)22(18)29)20-11-24-28(4)12-20/h8-13H,1-5H3. The van der Waals surface area contributed by atoms with Crippen molar-refractivity contribution in [2.45, 2.75) is 20.8 Å². The zero-order chi connectivity index (χ0) is 22.4. The Balaban J connectivity index is 1.54. The van der Waals surface area contributed by atoms with Gasteiger partial charge in [0.15, 0.2) is 0 Å². The second-order valence-corrected chi connectivity index (χ2v) is 8.68. The average molecular weight is 444 g/mol. The quantitative estimate of drug-likeness (QED) is 0.398. The summed E-state index contributed by atoms with van der Waals surface area (Å²) in [4.78, 5) is 5.78. The summed E-state index contributed by atoms with van der Waals surface area (Å²) < 4.78 is 11.1. The van der Waals surface area contributed by atoms with Gasteiger partial charge in [-0.25, -0.2) is 14.2 Å². The summed E-state index contributed by atoms with van der Waals surface area (Å²) in [5, 5.41) is 14.1. The largest absolute Gasteiger partial charge is 0.494 e. The van der Waals surface area contributed by atoms with Crippen molar-refractivity contribution in [3.05, 3.63) is 64.4 Å². The SMILES string of the molecule is COc1cc(-c2cnn(C)c2)cn2ncc(C#Cc3cnn(-c4nc(C)c(C)s4)c3C)c12. The predicted molar refractivity (Wildman–Crippen MR) is 123 cm³/mol. The molecule has 8 nitrogen and oxygen atoms in total. The van der Waals surface area contributed by atoms with Crippen molar-refractivity contribution >= 4 is 16.9 Å². The summed E-state index contributed by atoms with van der Waals surface area (Å²) in [6.07, 6.45) is 9.26. The van der Waals surface area contributed by atoms with Gasteiger partial charge in [0.1, 0.15) is 11.3 Å². The van der Waals surface area contributed by atoms with E-state index in [-0.39, 0.29) is 0 Å². The third kappa shape index (κ3) is 3.35. The van der Waals surface area contributed by atoms with Gasteiger partial charge in [0.25, 0.3) is 0 Å². The molecule has 0 fully saturated rings. The molecule has 5 rings (SSSR count). The molecule has 0 unspecified atom stereocenters. The van der Waals surface area contributed by atoms with Gasteiger partial charge in [0.2, 0.25) is 5.13 Å². The number of aryl methyl sites for hydroxylation is 3. The Hall–Kier alpha value is -3.90. The van der Waals surface area contributed by atoms with E-state index in [9.17, 15) is 0 Å². The highest BCUT2D eigenvalue weighted by molar-refractivity contribution is 7.14. The van der Waals surface area contributed by atoms with Crippen LogP contribution in [-0.4, -0.2) is 41.3 Å². The Morgan fingerprint density at radius 3 is 2.41 bits per heavy atom. The predicted octanol–water partition coefficient (Wildman–Crippen LogP) is 3.71. The number of nitrogens with zero attached hydrogens (tertiary/aromatic N) is 7. The first-order valence-corrected chi connectivity index (χ1v) is 10.8. The van der Waals surface area contributed by atoms with E-state index >= 15 is 0 Å². The van der Waals surface area contributed by atoms with Gasteiger partial charge in [-0.05, 0) is 26.8 Å². The molecule has 0 aliphatic heterocycles. The van der Waals surface area contributed by atoms with Crippen LogP contribution in [0.25, 0.3) is 21.8 Å². The number of aromatic nitrogens is 7. The van der Waals surface area contributed by atoms with Crippen LogP contribution in [0.5, 0.6) is 5.75 Å². The lowest BCUT2D eigenvalue weighted by molar-refractivity contribution is 0.417. The Morgan fingerprint density at radius 1 is 0.938 bits per heavy atom. The van der Waals surface area contributed by atoms with Crippen LogP contribution in [0, 0.1) is 32.6 Å². The van der Waals surface area contributed by atoms with Crippen LogP contribution in [0.1, 0.15) is 27.4 Å². The van der Waals surface area contributed by atoms with Crippen LogP contribution >= 0.6 is 11.3 Å². The summed E-state index contributed by atoms with van der Waals surface area (Å²) >= 11 is 1.62. The van der Waals surface area contributed by atoms with Gasteiger partial charge in [-0.2, -0.15) is 15.3 Å². The summed E-state index contributed by atoms with van der Waals surface area (Å²) in [5.74, 6) is 7.19. The first-order valence-electron chi connectivity index (χ1n) is 10.00. The molecule has 0 saturated carbocycles. The molecule has 0 spiro atoms. The summed E-state index contributed by atoms with van der Waals surface area (Å²) in [7, 11) is 3.54. The third-order valence-corrected chi connectivity index (χ3v) is 6.42. The third-order valence-electron chi connectivity index (χ3n) is 5.38. The summed E-state index contributed by atoms with van der Waals surface area (Å²) in [6.45, 7) is 6.07. The van der Waals surface area contributed by atoms with Gasteiger partial charge in [0, 0.05) is 35.4 Å². The molecule has 5 aromatic rings. The zero-order valence-electron chi connectivity index (χ0n) is 18.4. The molecule has 0 aromatic carbocycles. The Labute approximate surface area is 189 Å². The fourth-order valence-corrected chi connectivity index (χ4v) is 4.39. The van der Waals surface area contributed by atoms with Crippen molar-refractivity contribution in [3.63, 3.8) is 0 Å². The van der Waals surface area contributed by atoms with E-state index in [0.717, 1.165) is 44.3 Å². The number of ether oxygens (including phenoxy) is 1. The maximum atomic E-state index is 5.67. The van der Waals surface area contributed by atoms with Crippen molar-refractivity contribution in [3.8, 4) is 33.8 Å². The maximum Gasteiger partial charge on any atom is 0.211 e. The average Bonchev–Trinajstić information content (AvgIpc) is 3.54. The molecule has 9 heteroatoms. The van der Waals surface area contributed by atoms with E-state index in [2.05, 4.69) is 39.0 Å². The lowest BCUT2D eigenvalue weighted by atomic mass is 10.1. The first kappa shape index (κ1) is 20.0. The molecular formula is C23H21N7OS. The van der Waals surface area contributed by atoms with E-state index in [0.29, 0.717) is 5.75 Å². The van der Waals surface area contributed by atoms with Gasteiger partial charge in [-0.15, -0.1) is 0 Å². The molecule has 32 heavy (non-hydrogen) atoms. The number of fused-ring (bicyclic) bond motifs is 1. The van der Waals surface area contributed by atoms with Crippen molar-refractivity contribution in [2.75, 3.05) is 7.11 Å². The molecule has 0 saturated heterocycles. The molecule has 0 aliphatic carbocycles. The number of pyridine rings is 1. The van der Waals surface area contributed by atoms with E-state index in [1.165, 1.54) is 4.88 Å². The van der Waals surface area contributed by atoms with Crippen LogP contribution in [0.2, 0.25) is 0 Å². The fourth-order valence-electron chi connectivity index (χ4n) is 3.47. The van der Waals surface area contributed by atoms with Crippen molar-refractivity contribution in [1.82, 2.24) is 34.2 Å². The molecule has 0 radical (unpaired) electrons. The van der Waals surface area contributed by atoms with Crippen LogP contribution in [0.4, 0.5) is 0 Å². The van der Waals surface area contributed by atoms with E-state index in [1.807, 2.05) is 50.2 Å². The van der Waals surface area contributed by atoms with Crippen molar-refractivity contribution in [2.24, 2.45) is 7.05 Å². The molecule has 0 atom stereocenters. The topological polar surface area (TPSA) is 75.1 Å². The molecular weight excluding hydrogens is 422 g/mol. The second kappa shape index (κ2) is 7.66. The normalized spacial score (nSPS) is 11.0. The molecule has 5 aromatic heterocycles. The number of hydrogen-bond acceptors (Lipinski definition) is 6. The zero-order valence-corrected chi connectivity index (χ0v) is 19.2. The van der Waals surface area contributed by atoms with Gasteiger partial charge < -0.3 is 4.74 Å². The van der Waals surface area contributed by atoms with Gasteiger partial charge in [0.05, 0.1) is 48.2 Å². The van der Waals surface area contributed by atoms with Gasteiger partial charge in [-0.3, -0.25) is 4.68 Å². The van der Waals surface area contributed by atoms with Crippen LogP contribution in [0.15, 0.2) is 37.1 Å². The Kier molecular flexibility index (Phi) is 4.79. The first-order chi connectivity index (χ1) is 15.4. The Bertz CT molecular complexity index is 1500. The molecule has 0 aliphatic rings. The summed E-state index contributed by atoms with van der Waals surface area (Å²) in [6, 6.07) is 1.98. The number of hydrogen-bond donors (Lipinski definition) is 0. The summed E-state index contributed by atoms with van der Waals surface area (Å²) in [5.41, 5.74) is 6.39. The second-order valence-electron chi connectivity index (χ2n) is 7.49. The van der Waals surface area contributed by atoms with Gasteiger partial charge >= 0.3 is 0 Å².